The lowest BCUT2D eigenvalue weighted by Gasteiger charge is -2.34. The SMILES string of the molecule is CC(CS(C)(=O)=O)NCC1(C)CCOCC1. The normalized spacial score (nSPS) is 22.9. The predicted molar refractivity (Wildman–Crippen MR) is 65.3 cm³/mol. The van der Waals surface area contributed by atoms with E-state index in [1.54, 1.807) is 0 Å². The quantitative estimate of drug-likeness (QED) is 0.784. The maximum atomic E-state index is 11.1. The van der Waals surface area contributed by atoms with Gasteiger partial charge in [-0.3, -0.25) is 0 Å². The Balaban J connectivity index is 2.33. The van der Waals surface area contributed by atoms with Crippen molar-refractivity contribution in [3.05, 3.63) is 0 Å². The first-order valence-electron chi connectivity index (χ1n) is 5.80. The van der Waals surface area contributed by atoms with Gasteiger partial charge in [0.15, 0.2) is 0 Å². The second kappa shape index (κ2) is 5.47. The lowest BCUT2D eigenvalue weighted by Crippen LogP contribution is -2.42. The zero-order valence-corrected chi connectivity index (χ0v) is 11.3. The third-order valence-corrected chi connectivity index (χ3v) is 4.24. The molecule has 1 rings (SSSR count). The smallest absolute Gasteiger partial charge is 0.148 e. The van der Waals surface area contributed by atoms with Crippen molar-refractivity contribution in [2.45, 2.75) is 32.7 Å². The van der Waals surface area contributed by atoms with Gasteiger partial charge in [0.2, 0.25) is 0 Å². The maximum Gasteiger partial charge on any atom is 0.148 e. The van der Waals surface area contributed by atoms with Crippen molar-refractivity contribution in [2.24, 2.45) is 5.41 Å². The van der Waals surface area contributed by atoms with Crippen molar-refractivity contribution in [3.63, 3.8) is 0 Å². The highest BCUT2D eigenvalue weighted by atomic mass is 32.2. The van der Waals surface area contributed by atoms with E-state index in [0.717, 1.165) is 32.6 Å². The van der Waals surface area contributed by atoms with Crippen LogP contribution in [0.1, 0.15) is 26.7 Å². The van der Waals surface area contributed by atoms with Crippen molar-refractivity contribution < 1.29 is 13.2 Å². The van der Waals surface area contributed by atoms with Crippen LogP contribution in [-0.2, 0) is 14.6 Å². The van der Waals surface area contributed by atoms with E-state index in [1.807, 2.05) is 6.92 Å². The summed E-state index contributed by atoms with van der Waals surface area (Å²) in [7, 11) is -2.88. The molecule has 0 aromatic rings. The van der Waals surface area contributed by atoms with Gasteiger partial charge in [-0.2, -0.15) is 0 Å². The van der Waals surface area contributed by atoms with Gasteiger partial charge >= 0.3 is 0 Å². The molecule has 0 spiro atoms. The van der Waals surface area contributed by atoms with Crippen LogP contribution in [0.4, 0.5) is 0 Å². The highest BCUT2D eigenvalue weighted by Gasteiger charge is 2.27. The third-order valence-electron chi connectivity index (χ3n) is 3.13. The Morgan fingerprint density at radius 3 is 2.44 bits per heavy atom. The Kier molecular flexibility index (Phi) is 4.76. The van der Waals surface area contributed by atoms with Crippen LogP contribution in [-0.4, -0.2) is 46.2 Å². The third kappa shape index (κ3) is 5.27. The van der Waals surface area contributed by atoms with Crippen LogP contribution >= 0.6 is 0 Å². The van der Waals surface area contributed by atoms with E-state index in [0.29, 0.717) is 0 Å². The number of rotatable bonds is 5. The molecule has 1 aliphatic heterocycles. The molecule has 5 heteroatoms. The fourth-order valence-electron chi connectivity index (χ4n) is 1.97. The Morgan fingerprint density at radius 2 is 1.94 bits per heavy atom. The van der Waals surface area contributed by atoms with Gasteiger partial charge in [0.05, 0.1) is 5.75 Å². The molecule has 0 aromatic heterocycles. The Labute approximate surface area is 98.7 Å². The van der Waals surface area contributed by atoms with E-state index in [2.05, 4.69) is 12.2 Å². The summed E-state index contributed by atoms with van der Waals surface area (Å²) in [5.41, 5.74) is 0.254. The van der Waals surface area contributed by atoms with Crippen LogP contribution < -0.4 is 5.32 Å². The Bertz CT molecular complexity index is 307. The number of ether oxygens (including phenoxy) is 1. The molecule has 96 valence electrons. The lowest BCUT2D eigenvalue weighted by molar-refractivity contribution is 0.0233. The fourth-order valence-corrected chi connectivity index (χ4v) is 3.00. The molecule has 1 saturated heterocycles. The summed E-state index contributed by atoms with van der Waals surface area (Å²) in [6.45, 7) is 6.66. The summed E-state index contributed by atoms with van der Waals surface area (Å²) in [4.78, 5) is 0. The molecule has 1 atom stereocenters. The van der Waals surface area contributed by atoms with Gasteiger partial charge in [-0.05, 0) is 25.2 Å². The van der Waals surface area contributed by atoms with Crippen molar-refractivity contribution in [2.75, 3.05) is 31.8 Å². The molecule has 1 unspecified atom stereocenters. The highest BCUT2D eigenvalue weighted by molar-refractivity contribution is 7.90. The van der Waals surface area contributed by atoms with E-state index in [-0.39, 0.29) is 17.2 Å². The summed E-state index contributed by atoms with van der Waals surface area (Å²) < 4.78 is 27.6. The van der Waals surface area contributed by atoms with Crippen LogP contribution in [0, 0.1) is 5.41 Å². The molecule has 0 radical (unpaired) electrons. The second-order valence-corrected chi connectivity index (χ2v) is 7.48. The molecule has 16 heavy (non-hydrogen) atoms. The van der Waals surface area contributed by atoms with Crippen LogP contribution in [0.25, 0.3) is 0 Å². The van der Waals surface area contributed by atoms with Crippen LogP contribution in [0.5, 0.6) is 0 Å². The lowest BCUT2D eigenvalue weighted by atomic mass is 9.82. The topological polar surface area (TPSA) is 55.4 Å². The van der Waals surface area contributed by atoms with Gasteiger partial charge in [-0.15, -0.1) is 0 Å². The molecule has 4 nitrogen and oxygen atoms in total. The molecule has 0 saturated carbocycles. The average molecular weight is 249 g/mol. The van der Waals surface area contributed by atoms with Crippen LogP contribution in [0.15, 0.2) is 0 Å². The molecule has 1 heterocycles. The molecule has 0 aromatic carbocycles. The van der Waals surface area contributed by atoms with Crippen LogP contribution in [0.2, 0.25) is 0 Å². The van der Waals surface area contributed by atoms with Crippen molar-refractivity contribution in [1.29, 1.82) is 0 Å². The summed E-state index contributed by atoms with van der Waals surface area (Å²) in [6.07, 6.45) is 3.37. The van der Waals surface area contributed by atoms with E-state index >= 15 is 0 Å². The van der Waals surface area contributed by atoms with Gasteiger partial charge in [0.25, 0.3) is 0 Å². The number of hydrogen-bond donors (Lipinski definition) is 1. The van der Waals surface area contributed by atoms with E-state index in [9.17, 15) is 8.42 Å². The summed E-state index contributed by atoms with van der Waals surface area (Å²) in [5, 5.41) is 3.31. The molecular weight excluding hydrogens is 226 g/mol. The average Bonchev–Trinajstić information content (AvgIpc) is 2.14. The number of sulfone groups is 1. The largest absolute Gasteiger partial charge is 0.381 e. The molecule has 1 N–H and O–H groups in total. The van der Waals surface area contributed by atoms with Gasteiger partial charge in [0.1, 0.15) is 9.84 Å². The minimum Gasteiger partial charge on any atom is -0.381 e. The zero-order chi connectivity index (χ0) is 12.2. The standard InChI is InChI=1S/C11H23NO3S/c1-10(8-16(3,13)14)12-9-11(2)4-6-15-7-5-11/h10,12H,4-9H2,1-3H3. The van der Waals surface area contributed by atoms with Crippen molar-refractivity contribution in [3.8, 4) is 0 Å². The van der Waals surface area contributed by atoms with Gasteiger partial charge in [-0.25, -0.2) is 8.42 Å². The number of hydrogen-bond acceptors (Lipinski definition) is 4. The van der Waals surface area contributed by atoms with Gasteiger partial charge < -0.3 is 10.1 Å². The Hall–Kier alpha value is -0.130. The zero-order valence-electron chi connectivity index (χ0n) is 10.5. The van der Waals surface area contributed by atoms with Crippen molar-refractivity contribution in [1.82, 2.24) is 5.32 Å². The minimum atomic E-state index is -2.88. The second-order valence-electron chi connectivity index (χ2n) is 5.30. The van der Waals surface area contributed by atoms with Crippen molar-refractivity contribution >= 4 is 9.84 Å². The molecule has 0 aliphatic carbocycles. The predicted octanol–water partition coefficient (Wildman–Crippen LogP) is 0.826. The molecule has 0 amide bonds. The highest BCUT2D eigenvalue weighted by Crippen LogP contribution is 2.28. The first-order chi connectivity index (χ1) is 7.31. The Morgan fingerprint density at radius 1 is 1.38 bits per heavy atom. The van der Waals surface area contributed by atoms with Gasteiger partial charge in [-0.1, -0.05) is 6.92 Å². The first-order valence-corrected chi connectivity index (χ1v) is 7.86. The summed E-state index contributed by atoms with van der Waals surface area (Å²) >= 11 is 0. The molecule has 0 bridgehead atoms. The number of nitrogens with one attached hydrogen (secondary N) is 1. The molecule has 1 fully saturated rings. The first kappa shape index (κ1) is 13.9. The molecular formula is C11H23NO3S. The fraction of sp³-hybridized carbons (Fsp3) is 1.00. The summed E-state index contributed by atoms with van der Waals surface area (Å²) in [6, 6.07) is 0.0228. The van der Waals surface area contributed by atoms with E-state index < -0.39 is 9.84 Å². The van der Waals surface area contributed by atoms with Crippen LogP contribution in [0.3, 0.4) is 0 Å². The minimum absolute atomic E-state index is 0.0228. The van der Waals surface area contributed by atoms with E-state index in [4.69, 9.17) is 4.74 Å². The monoisotopic (exact) mass is 249 g/mol. The molecule has 1 aliphatic rings. The summed E-state index contributed by atoms with van der Waals surface area (Å²) in [5.74, 6) is 0.208. The van der Waals surface area contributed by atoms with Gasteiger partial charge in [0, 0.05) is 32.1 Å². The maximum absolute atomic E-state index is 11.1. The van der Waals surface area contributed by atoms with E-state index in [1.165, 1.54) is 6.26 Å².